The SMILES string of the molecule is CCSc1ccccc1NC(C)CC1CCCCCN1. The fourth-order valence-electron chi connectivity index (χ4n) is 2.92. The molecule has 0 aliphatic carbocycles. The van der Waals surface area contributed by atoms with Gasteiger partial charge in [0, 0.05) is 22.7 Å². The molecule has 1 fully saturated rings. The normalized spacial score (nSPS) is 21.2. The van der Waals surface area contributed by atoms with Crippen LogP contribution in [0.1, 0.15) is 46.0 Å². The predicted molar refractivity (Wildman–Crippen MR) is 90.8 cm³/mol. The van der Waals surface area contributed by atoms with Crippen molar-refractivity contribution in [3.05, 3.63) is 24.3 Å². The maximum absolute atomic E-state index is 3.70. The summed E-state index contributed by atoms with van der Waals surface area (Å²) in [5, 5.41) is 7.39. The van der Waals surface area contributed by atoms with Gasteiger partial charge in [-0.1, -0.05) is 31.9 Å². The number of rotatable bonds is 6. The topological polar surface area (TPSA) is 24.1 Å². The van der Waals surface area contributed by atoms with E-state index < -0.39 is 0 Å². The average Bonchev–Trinajstić information content (AvgIpc) is 2.70. The first-order chi connectivity index (χ1) is 9.79. The van der Waals surface area contributed by atoms with Gasteiger partial charge in [-0.3, -0.25) is 0 Å². The molecular weight excluding hydrogens is 264 g/mol. The van der Waals surface area contributed by atoms with Crippen LogP contribution in [0, 0.1) is 0 Å². The molecule has 2 unspecified atom stereocenters. The van der Waals surface area contributed by atoms with Gasteiger partial charge in [-0.2, -0.15) is 0 Å². The average molecular weight is 292 g/mol. The highest BCUT2D eigenvalue weighted by atomic mass is 32.2. The summed E-state index contributed by atoms with van der Waals surface area (Å²) in [5.41, 5.74) is 1.29. The van der Waals surface area contributed by atoms with Crippen molar-refractivity contribution in [2.24, 2.45) is 0 Å². The molecule has 112 valence electrons. The second-order valence-corrected chi connectivity index (χ2v) is 7.02. The Morgan fingerprint density at radius 1 is 1.30 bits per heavy atom. The van der Waals surface area contributed by atoms with Crippen molar-refractivity contribution in [1.82, 2.24) is 5.32 Å². The Bertz CT molecular complexity index is 386. The molecule has 2 rings (SSSR count). The second-order valence-electron chi connectivity index (χ2n) is 5.71. The lowest BCUT2D eigenvalue weighted by molar-refractivity contribution is 0.456. The standard InChI is InChI=1S/C17H28N2S/c1-3-20-17-11-7-6-10-16(17)19-14(2)13-15-9-5-4-8-12-18-15/h6-7,10-11,14-15,18-19H,3-5,8-9,12-13H2,1-2H3. The van der Waals surface area contributed by atoms with Gasteiger partial charge in [0.05, 0.1) is 0 Å². The van der Waals surface area contributed by atoms with Crippen LogP contribution in [0.5, 0.6) is 0 Å². The monoisotopic (exact) mass is 292 g/mol. The van der Waals surface area contributed by atoms with Crippen molar-refractivity contribution >= 4 is 17.4 Å². The Morgan fingerprint density at radius 3 is 3.00 bits per heavy atom. The minimum Gasteiger partial charge on any atom is -0.382 e. The second kappa shape index (κ2) is 8.58. The van der Waals surface area contributed by atoms with E-state index in [4.69, 9.17) is 0 Å². The van der Waals surface area contributed by atoms with Crippen LogP contribution in [-0.2, 0) is 0 Å². The molecule has 0 spiro atoms. The molecule has 20 heavy (non-hydrogen) atoms. The summed E-state index contributed by atoms with van der Waals surface area (Å²) in [6.07, 6.45) is 6.66. The van der Waals surface area contributed by atoms with Crippen LogP contribution >= 0.6 is 11.8 Å². The molecule has 2 atom stereocenters. The summed E-state index contributed by atoms with van der Waals surface area (Å²) >= 11 is 1.92. The number of hydrogen-bond donors (Lipinski definition) is 2. The summed E-state index contributed by atoms with van der Waals surface area (Å²) in [7, 11) is 0. The van der Waals surface area contributed by atoms with E-state index in [2.05, 4.69) is 48.7 Å². The molecule has 2 N–H and O–H groups in total. The van der Waals surface area contributed by atoms with Gasteiger partial charge in [-0.25, -0.2) is 0 Å². The van der Waals surface area contributed by atoms with E-state index in [-0.39, 0.29) is 0 Å². The molecule has 0 bridgehead atoms. The van der Waals surface area contributed by atoms with Crippen molar-refractivity contribution in [1.29, 1.82) is 0 Å². The molecule has 1 aliphatic heterocycles. The Hall–Kier alpha value is -0.670. The van der Waals surface area contributed by atoms with Gasteiger partial charge in [0.15, 0.2) is 0 Å². The molecule has 0 amide bonds. The van der Waals surface area contributed by atoms with Crippen LogP contribution in [0.3, 0.4) is 0 Å². The lowest BCUT2D eigenvalue weighted by Crippen LogP contribution is -2.33. The molecule has 1 heterocycles. The molecule has 1 aromatic rings. The van der Waals surface area contributed by atoms with Gasteiger partial charge < -0.3 is 10.6 Å². The summed E-state index contributed by atoms with van der Waals surface area (Å²) in [6, 6.07) is 9.87. The van der Waals surface area contributed by atoms with Gasteiger partial charge in [0.1, 0.15) is 0 Å². The van der Waals surface area contributed by atoms with Crippen molar-refractivity contribution in [2.75, 3.05) is 17.6 Å². The fourth-order valence-corrected chi connectivity index (χ4v) is 3.69. The largest absolute Gasteiger partial charge is 0.382 e. The summed E-state index contributed by atoms with van der Waals surface area (Å²) < 4.78 is 0. The Balaban J connectivity index is 1.88. The first kappa shape index (κ1) is 15.7. The van der Waals surface area contributed by atoms with E-state index in [1.165, 1.54) is 49.2 Å². The number of thioether (sulfide) groups is 1. The molecule has 1 saturated heterocycles. The highest BCUT2D eigenvalue weighted by Crippen LogP contribution is 2.27. The van der Waals surface area contributed by atoms with E-state index in [0.717, 1.165) is 5.75 Å². The van der Waals surface area contributed by atoms with Crippen LogP contribution < -0.4 is 10.6 Å². The van der Waals surface area contributed by atoms with Crippen molar-refractivity contribution < 1.29 is 0 Å². The van der Waals surface area contributed by atoms with E-state index >= 15 is 0 Å². The number of hydrogen-bond acceptors (Lipinski definition) is 3. The lowest BCUT2D eigenvalue weighted by Gasteiger charge is -2.23. The molecule has 3 heteroatoms. The van der Waals surface area contributed by atoms with Crippen LogP contribution in [0.25, 0.3) is 0 Å². The van der Waals surface area contributed by atoms with Crippen molar-refractivity contribution in [3.63, 3.8) is 0 Å². The first-order valence-corrected chi connectivity index (χ1v) is 9.00. The van der Waals surface area contributed by atoms with Gasteiger partial charge in [0.2, 0.25) is 0 Å². The fraction of sp³-hybridized carbons (Fsp3) is 0.647. The zero-order chi connectivity index (χ0) is 14.2. The Labute approximate surface area is 128 Å². The summed E-state index contributed by atoms with van der Waals surface area (Å²) in [5.74, 6) is 1.12. The van der Waals surface area contributed by atoms with E-state index in [1.54, 1.807) is 0 Å². The van der Waals surface area contributed by atoms with Crippen molar-refractivity contribution in [3.8, 4) is 0 Å². The predicted octanol–water partition coefficient (Wildman–Crippen LogP) is 4.52. The zero-order valence-corrected chi connectivity index (χ0v) is 13.6. The first-order valence-electron chi connectivity index (χ1n) is 8.01. The highest BCUT2D eigenvalue weighted by molar-refractivity contribution is 7.99. The molecule has 0 radical (unpaired) electrons. The van der Waals surface area contributed by atoms with Gasteiger partial charge in [-0.05, 0) is 50.6 Å². The van der Waals surface area contributed by atoms with Crippen LogP contribution in [0.15, 0.2) is 29.2 Å². The van der Waals surface area contributed by atoms with Crippen LogP contribution in [0.4, 0.5) is 5.69 Å². The molecular formula is C17H28N2S. The van der Waals surface area contributed by atoms with Crippen LogP contribution in [-0.4, -0.2) is 24.4 Å². The Morgan fingerprint density at radius 2 is 2.15 bits per heavy atom. The number of anilines is 1. The number of benzene rings is 1. The molecule has 2 nitrogen and oxygen atoms in total. The van der Waals surface area contributed by atoms with Gasteiger partial charge in [0.25, 0.3) is 0 Å². The maximum atomic E-state index is 3.70. The summed E-state index contributed by atoms with van der Waals surface area (Å²) in [6.45, 7) is 5.71. The van der Waals surface area contributed by atoms with Gasteiger partial charge in [-0.15, -0.1) is 11.8 Å². The third kappa shape index (κ3) is 5.02. The Kier molecular flexibility index (Phi) is 6.74. The molecule has 1 aliphatic rings. The molecule has 0 aromatic heterocycles. The van der Waals surface area contributed by atoms with E-state index in [1.807, 2.05) is 11.8 Å². The minimum absolute atomic E-state index is 0.518. The highest BCUT2D eigenvalue weighted by Gasteiger charge is 2.15. The van der Waals surface area contributed by atoms with Crippen LogP contribution in [0.2, 0.25) is 0 Å². The minimum atomic E-state index is 0.518. The van der Waals surface area contributed by atoms with E-state index in [9.17, 15) is 0 Å². The number of para-hydroxylation sites is 1. The molecule has 1 aromatic carbocycles. The lowest BCUT2D eigenvalue weighted by atomic mass is 10.0. The third-order valence-corrected chi connectivity index (χ3v) is 4.84. The van der Waals surface area contributed by atoms with Gasteiger partial charge >= 0.3 is 0 Å². The van der Waals surface area contributed by atoms with Crippen molar-refractivity contribution in [2.45, 2.75) is 62.9 Å². The smallest absolute Gasteiger partial charge is 0.0480 e. The summed E-state index contributed by atoms with van der Waals surface area (Å²) in [4.78, 5) is 1.37. The quantitative estimate of drug-likeness (QED) is 0.754. The van der Waals surface area contributed by atoms with E-state index in [0.29, 0.717) is 12.1 Å². The maximum Gasteiger partial charge on any atom is 0.0480 e. The number of nitrogens with one attached hydrogen (secondary N) is 2. The zero-order valence-electron chi connectivity index (χ0n) is 12.8. The third-order valence-electron chi connectivity index (χ3n) is 3.89. The molecule has 0 saturated carbocycles.